The topological polar surface area (TPSA) is 84.4 Å². The first-order valence-electron chi connectivity index (χ1n) is 6.03. The summed E-state index contributed by atoms with van der Waals surface area (Å²) in [5, 5.41) is 4.38. The van der Waals surface area contributed by atoms with E-state index in [9.17, 15) is 4.79 Å². The number of carbonyl (C=O) groups is 1. The van der Waals surface area contributed by atoms with Gasteiger partial charge in [-0.25, -0.2) is 5.84 Å². The van der Waals surface area contributed by atoms with Crippen LogP contribution in [0.2, 0.25) is 0 Å². The first-order chi connectivity index (χ1) is 8.72. The SMILES string of the molecule is CCC1CN(Cc2cc(C(=O)NN)no2)CCS1. The van der Waals surface area contributed by atoms with E-state index in [4.69, 9.17) is 10.4 Å². The number of hydrazine groups is 1. The molecule has 1 aliphatic heterocycles. The standard InChI is InChI=1S/C11H18N4O2S/c1-2-9-7-15(3-4-18-9)6-8-5-10(14-17-8)11(16)13-12/h5,9H,2-4,6-7,12H2,1H3,(H,13,16). The molecule has 18 heavy (non-hydrogen) atoms. The zero-order valence-corrected chi connectivity index (χ0v) is 11.2. The fourth-order valence-corrected chi connectivity index (χ4v) is 3.21. The van der Waals surface area contributed by atoms with E-state index in [2.05, 4.69) is 17.0 Å². The van der Waals surface area contributed by atoms with Crippen molar-refractivity contribution in [3.8, 4) is 0 Å². The summed E-state index contributed by atoms with van der Waals surface area (Å²) in [7, 11) is 0. The minimum absolute atomic E-state index is 0.228. The van der Waals surface area contributed by atoms with E-state index in [-0.39, 0.29) is 5.69 Å². The Balaban J connectivity index is 1.92. The molecule has 1 amide bonds. The van der Waals surface area contributed by atoms with Gasteiger partial charge in [-0.1, -0.05) is 12.1 Å². The van der Waals surface area contributed by atoms with Crippen molar-refractivity contribution in [3.63, 3.8) is 0 Å². The lowest BCUT2D eigenvalue weighted by Gasteiger charge is -2.30. The number of nitrogens with two attached hydrogens (primary N) is 1. The minimum Gasteiger partial charge on any atom is -0.359 e. The number of hydrogen-bond acceptors (Lipinski definition) is 6. The summed E-state index contributed by atoms with van der Waals surface area (Å²) in [6.45, 7) is 5.00. The summed E-state index contributed by atoms with van der Waals surface area (Å²) in [5.41, 5.74) is 2.26. The molecule has 1 fully saturated rings. The zero-order chi connectivity index (χ0) is 13.0. The zero-order valence-electron chi connectivity index (χ0n) is 10.4. The van der Waals surface area contributed by atoms with Crippen molar-refractivity contribution in [1.82, 2.24) is 15.5 Å². The highest BCUT2D eigenvalue weighted by molar-refractivity contribution is 8.00. The van der Waals surface area contributed by atoms with Gasteiger partial charge in [0.1, 0.15) is 0 Å². The van der Waals surface area contributed by atoms with Gasteiger partial charge < -0.3 is 4.52 Å². The molecule has 0 bridgehead atoms. The second-order valence-electron chi connectivity index (χ2n) is 4.29. The Morgan fingerprint density at radius 2 is 2.61 bits per heavy atom. The average Bonchev–Trinajstić information content (AvgIpc) is 2.86. The fraction of sp³-hybridized carbons (Fsp3) is 0.636. The van der Waals surface area contributed by atoms with Crippen molar-refractivity contribution in [2.45, 2.75) is 25.1 Å². The smallest absolute Gasteiger partial charge is 0.287 e. The molecule has 1 unspecified atom stereocenters. The lowest BCUT2D eigenvalue weighted by Crippen LogP contribution is -2.36. The number of aromatic nitrogens is 1. The van der Waals surface area contributed by atoms with Crippen molar-refractivity contribution >= 4 is 17.7 Å². The van der Waals surface area contributed by atoms with Gasteiger partial charge in [0.15, 0.2) is 11.5 Å². The highest BCUT2D eigenvalue weighted by atomic mass is 32.2. The molecule has 2 rings (SSSR count). The maximum absolute atomic E-state index is 11.2. The van der Waals surface area contributed by atoms with Gasteiger partial charge in [0.2, 0.25) is 0 Å². The van der Waals surface area contributed by atoms with E-state index in [0.717, 1.165) is 18.8 Å². The molecule has 3 N–H and O–H groups in total. The molecule has 1 aliphatic rings. The molecule has 0 saturated carbocycles. The number of thioether (sulfide) groups is 1. The Bertz CT molecular complexity index is 410. The third-order valence-electron chi connectivity index (χ3n) is 2.98. The van der Waals surface area contributed by atoms with Crippen LogP contribution in [0.3, 0.4) is 0 Å². The summed E-state index contributed by atoms with van der Waals surface area (Å²) < 4.78 is 5.14. The van der Waals surface area contributed by atoms with Crippen LogP contribution in [-0.4, -0.2) is 40.1 Å². The third-order valence-corrected chi connectivity index (χ3v) is 4.35. The fourth-order valence-electron chi connectivity index (χ4n) is 1.96. The van der Waals surface area contributed by atoms with Gasteiger partial charge in [-0.2, -0.15) is 11.8 Å². The van der Waals surface area contributed by atoms with E-state index in [1.54, 1.807) is 6.07 Å². The molecule has 6 nitrogen and oxygen atoms in total. The van der Waals surface area contributed by atoms with Crippen molar-refractivity contribution < 1.29 is 9.32 Å². The summed E-state index contributed by atoms with van der Waals surface area (Å²) in [6.07, 6.45) is 1.18. The minimum atomic E-state index is -0.425. The quantitative estimate of drug-likeness (QED) is 0.473. The van der Waals surface area contributed by atoms with Gasteiger partial charge >= 0.3 is 0 Å². The molecule has 0 radical (unpaired) electrons. The first kappa shape index (κ1) is 13.4. The number of nitrogens with zero attached hydrogens (tertiary/aromatic N) is 2. The first-order valence-corrected chi connectivity index (χ1v) is 7.08. The Labute approximate surface area is 110 Å². The van der Waals surface area contributed by atoms with Crippen LogP contribution in [-0.2, 0) is 6.54 Å². The lowest BCUT2D eigenvalue weighted by molar-refractivity contribution is 0.0944. The molecule has 1 saturated heterocycles. The molecular weight excluding hydrogens is 252 g/mol. The maximum Gasteiger partial charge on any atom is 0.287 e. The van der Waals surface area contributed by atoms with E-state index in [1.807, 2.05) is 17.2 Å². The van der Waals surface area contributed by atoms with E-state index >= 15 is 0 Å². The predicted octanol–water partition coefficient (Wildman–Crippen LogP) is 0.606. The Kier molecular flexibility index (Phi) is 4.62. The van der Waals surface area contributed by atoms with Crippen LogP contribution in [0.5, 0.6) is 0 Å². The second kappa shape index (κ2) is 6.21. The Hall–Kier alpha value is -1.05. The highest BCUT2D eigenvalue weighted by Gasteiger charge is 2.20. The Morgan fingerprint density at radius 3 is 3.33 bits per heavy atom. The molecule has 1 atom stereocenters. The third kappa shape index (κ3) is 3.24. The summed E-state index contributed by atoms with van der Waals surface area (Å²) in [5.74, 6) is 6.46. The molecule has 7 heteroatoms. The summed E-state index contributed by atoms with van der Waals surface area (Å²) in [4.78, 5) is 13.6. The Morgan fingerprint density at radius 1 is 1.78 bits per heavy atom. The van der Waals surface area contributed by atoms with Crippen molar-refractivity contribution in [2.24, 2.45) is 5.84 Å². The van der Waals surface area contributed by atoms with Crippen LogP contribution in [0.4, 0.5) is 0 Å². The largest absolute Gasteiger partial charge is 0.359 e. The molecule has 0 spiro atoms. The van der Waals surface area contributed by atoms with Crippen molar-refractivity contribution in [2.75, 3.05) is 18.8 Å². The van der Waals surface area contributed by atoms with Gasteiger partial charge in [-0.3, -0.25) is 15.1 Å². The molecule has 1 aromatic rings. The molecule has 0 aliphatic carbocycles. The van der Waals surface area contributed by atoms with Crippen molar-refractivity contribution in [3.05, 3.63) is 17.5 Å². The van der Waals surface area contributed by atoms with E-state index < -0.39 is 5.91 Å². The molecule has 100 valence electrons. The summed E-state index contributed by atoms with van der Waals surface area (Å²) in [6, 6.07) is 1.64. The van der Waals surface area contributed by atoms with Crippen LogP contribution in [0.1, 0.15) is 29.6 Å². The van der Waals surface area contributed by atoms with Gasteiger partial charge in [0.25, 0.3) is 5.91 Å². The number of rotatable bonds is 4. The van der Waals surface area contributed by atoms with Gasteiger partial charge in [0, 0.05) is 30.2 Å². The molecule has 2 heterocycles. The van der Waals surface area contributed by atoms with Crippen LogP contribution in [0.25, 0.3) is 0 Å². The normalized spacial score (nSPS) is 20.9. The van der Waals surface area contributed by atoms with E-state index in [1.165, 1.54) is 6.42 Å². The number of nitrogens with one attached hydrogen (secondary N) is 1. The van der Waals surface area contributed by atoms with Crippen LogP contribution < -0.4 is 11.3 Å². The monoisotopic (exact) mass is 270 g/mol. The highest BCUT2D eigenvalue weighted by Crippen LogP contribution is 2.22. The molecule has 0 aromatic carbocycles. The molecular formula is C11H18N4O2S. The lowest BCUT2D eigenvalue weighted by atomic mass is 10.2. The van der Waals surface area contributed by atoms with Crippen LogP contribution in [0.15, 0.2) is 10.6 Å². The predicted molar refractivity (Wildman–Crippen MR) is 70.0 cm³/mol. The molecule has 1 aromatic heterocycles. The van der Waals surface area contributed by atoms with Crippen LogP contribution >= 0.6 is 11.8 Å². The van der Waals surface area contributed by atoms with E-state index in [0.29, 0.717) is 17.6 Å². The van der Waals surface area contributed by atoms with Gasteiger partial charge in [-0.05, 0) is 6.42 Å². The van der Waals surface area contributed by atoms with Gasteiger partial charge in [-0.15, -0.1) is 0 Å². The summed E-state index contributed by atoms with van der Waals surface area (Å²) >= 11 is 2.02. The van der Waals surface area contributed by atoms with Crippen LogP contribution in [0, 0.1) is 0 Å². The number of hydrogen-bond donors (Lipinski definition) is 2. The number of nitrogen functional groups attached to an aromatic ring is 1. The van der Waals surface area contributed by atoms with Crippen molar-refractivity contribution in [1.29, 1.82) is 0 Å². The maximum atomic E-state index is 11.2. The number of amides is 1. The number of carbonyl (C=O) groups excluding carboxylic acids is 1. The van der Waals surface area contributed by atoms with Gasteiger partial charge in [0.05, 0.1) is 6.54 Å². The average molecular weight is 270 g/mol. The second-order valence-corrected chi connectivity index (χ2v) is 5.70.